The van der Waals surface area contributed by atoms with Gasteiger partial charge in [-0.25, -0.2) is 0 Å². The number of rotatable bonds is 9. The number of benzene rings is 2. The molecule has 3 aromatic rings. The van der Waals surface area contributed by atoms with Crippen LogP contribution in [0.25, 0.3) is 0 Å². The fourth-order valence-electron chi connectivity index (χ4n) is 3.94. The fourth-order valence-corrected chi connectivity index (χ4v) is 4.95. The number of anilines is 2. The molecule has 2 aromatic carbocycles. The molecule has 1 aliphatic rings. The first-order valence-corrected chi connectivity index (χ1v) is 13.1. The van der Waals surface area contributed by atoms with Crippen LogP contribution in [0.5, 0.6) is 5.75 Å². The molecule has 8 nitrogen and oxygen atoms in total. The summed E-state index contributed by atoms with van der Waals surface area (Å²) >= 11 is 7.14. The van der Waals surface area contributed by atoms with Gasteiger partial charge in [0.25, 0.3) is 5.91 Å². The number of carbonyl (C=O) groups excluding carboxylic acids is 2. The molecule has 0 saturated heterocycles. The normalized spacial score (nSPS) is 14.9. The van der Waals surface area contributed by atoms with Gasteiger partial charge >= 0.3 is 0 Å². The van der Waals surface area contributed by atoms with Crippen molar-refractivity contribution in [2.24, 2.45) is 0 Å². The van der Waals surface area contributed by atoms with Gasteiger partial charge in [-0.05, 0) is 74.5 Å². The Hall–Kier alpha value is -4.13. The van der Waals surface area contributed by atoms with Crippen LogP contribution in [-0.4, -0.2) is 24.2 Å². The van der Waals surface area contributed by atoms with E-state index in [-0.39, 0.29) is 23.1 Å². The number of hydrogen-bond donors (Lipinski definition) is 3. The monoisotopic (exact) mass is 548 g/mol. The third-order valence-electron chi connectivity index (χ3n) is 5.62. The van der Waals surface area contributed by atoms with Gasteiger partial charge in [0.2, 0.25) is 5.91 Å². The Balaban J connectivity index is 1.53. The summed E-state index contributed by atoms with van der Waals surface area (Å²) in [5.41, 5.74) is 2.37. The molecule has 0 saturated carbocycles. The van der Waals surface area contributed by atoms with E-state index < -0.39 is 5.92 Å². The molecule has 10 heteroatoms. The van der Waals surface area contributed by atoms with Crippen LogP contribution < -0.4 is 20.7 Å². The number of nitrogens with zero attached hydrogens (tertiary/aromatic N) is 1. The summed E-state index contributed by atoms with van der Waals surface area (Å²) in [4.78, 5) is 26.0. The van der Waals surface area contributed by atoms with E-state index in [0.717, 1.165) is 5.75 Å². The number of nitriles is 1. The van der Waals surface area contributed by atoms with Gasteiger partial charge in [0, 0.05) is 22.1 Å². The first kappa shape index (κ1) is 26.9. The highest BCUT2D eigenvalue weighted by atomic mass is 35.5. The second-order valence-electron chi connectivity index (χ2n) is 8.22. The van der Waals surface area contributed by atoms with Gasteiger partial charge in [-0.15, -0.1) is 0 Å². The van der Waals surface area contributed by atoms with Gasteiger partial charge in [0.05, 0.1) is 46.8 Å². The molecule has 0 bridgehead atoms. The summed E-state index contributed by atoms with van der Waals surface area (Å²) in [6.07, 6.45) is 1.49. The van der Waals surface area contributed by atoms with E-state index in [1.807, 2.05) is 6.92 Å². The van der Waals surface area contributed by atoms with Gasteiger partial charge in [-0.3, -0.25) is 9.59 Å². The number of hydrogen-bond acceptors (Lipinski definition) is 7. The van der Waals surface area contributed by atoms with Crippen molar-refractivity contribution in [3.63, 3.8) is 0 Å². The number of nitrogens with one attached hydrogen (secondary N) is 3. The first-order chi connectivity index (χ1) is 18.4. The number of thioether (sulfide) groups is 1. The van der Waals surface area contributed by atoms with Gasteiger partial charge < -0.3 is 25.1 Å². The molecule has 3 N–H and O–H groups in total. The van der Waals surface area contributed by atoms with E-state index >= 15 is 0 Å². The zero-order valence-electron chi connectivity index (χ0n) is 20.7. The molecule has 0 fully saturated rings. The highest BCUT2D eigenvalue weighted by Crippen LogP contribution is 2.41. The highest BCUT2D eigenvalue weighted by molar-refractivity contribution is 8.03. The Morgan fingerprint density at radius 3 is 2.42 bits per heavy atom. The maximum Gasteiger partial charge on any atom is 0.254 e. The third kappa shape index (κ3) is 6.40. The minimum Gasteiger partial charge on any atom is -0.494 e. The quantitative estimate of drug-likeness (QED) is 0.298. The van der Waals surface area contributed by atoms with Crippen molar-refractivity contribution in [2.45, 2.75) is 19.8 Å². The number of furan rings is 1. The Labute approximate surface area is 229 Å². The van der Waals surface area contributed by atoms with Crippen LogP contribution in [0.1, 0.15) is 25.5 Å². The minimum absolute atomic E-state index is 0.0468. The molecule has 1 aliphatic heterocycles. The van der Waals surface area contributed by atoms with Crippen molar-refractivity contribution in [1.82, 2.24) is 5.32 Å². The van der Waals surface area contributed by atoms with Gasteiger partial charge in [0.15, 0.2) is 0 Å². The van der Waals surface area contributed by atoms with Crippen molar-refractivity contribution < 1.29 is 18.7 Å². The van der Waals surface area contributed by atoms with Crippen LogP contribution in [0, 0.1) is 11.3 Å². The smallest absolute Gasteiger partial charge is 0.254 e. The lowest BCUT2D eigenvalue weighted by Gasteiger charge is -2.28. The first-order valence-electron chi connectivity index (χ1n) is 11.8. The lowest BCUT2D eigenvalue weighted by molar-refractivity contribution is -0.114. The van der Waals surface area contributed by atoms with Crippen LogP contribution in [0.15, 0.2) is 93.2 Å². The Kier molecular flexibility index (Phi) is 8.79. The van der Waals surface area contributed by atoms with Gasteiger partial charge in [-0.2, -0.15) is 5.26 Å². The lowest BCUT2D eigenvalue weighted by Crippen LogP contribution is -2.31. The molecule has 0 spiro atoms. The summed E-state index contributed by atoms with van der Waals surface area (Å²) in [5, 5.41) is 20.0. The van der Waals surface area contributed by atoms with Crippen LogP contribution >= 0.6 is 23.4 Å². The van der Waals surface area contributed by atoms with E-state index in [2.05, 4.69) is 22.0 Å². The summed E-state index contributed by atoms with van der Waals surface area (Å²) in [6, 6.07) is 19.5. The summed E-state index contributed by atoms with van der Waals surface area (Å²) in [7, 11) is 0. The van der Waals surface area contributed by atoms with E-state index in [0.29, 0.717) is 45.1 Å². The second-order valence-corrected chi connectivity index (χ2v) is 9.64. The van der Waals surface area contributed by atoms with Crippen molar-refractivity contribution >= 4 is 46.6 Å². The molecule has 194 valence electrons. The number of ether oxygens (including phenoxy) is 1. The Morgan fingerprint density at radius 1 is 1.11 bits per heavy atom. The maximum absolute atomic E-state index is 13.4. The molecule has 2 amide bonds. The van der Waals surface area contributed by atoms with Crippen LogP contribution in [0.3, 0.4) is 0 Å². The van der Waals surface area contributed by atoms with Crippen LogP contribution in [0.4, 0.5) is 11.4 Å². The van der Waals surface area contributed by atoms with Gasteiger partial charge in [0.1, 0.15) is 11.5 Å². The zero-order chi connectivity index (χ0) is 27.1. The fraction of sp³-hybridized carbons (Fsp3) is 0.179. The number of allylic oxidation sites excluding steroid dienone is 2. The molecule has 38 heavy (non-hydrogen) atoms. The predicted octanol–water partition coefficient (Wildman–Crippen LogP) is 6.04. The number of carbonyl (C=O) groups is 2. The number of halogens is 1. The topological polar surface area (TPSA) is 116 Å². The molecule has 1 atom stereocenters. The average molecular weight is 549 g/mol. The highest BCUT2D eigenvalue weighted by Gasteiger charge is 2.36. The van der Waals surface area contributed by atoms with Crippen molar-refractivity contribution in [3.05, 3.63) is 99.6 Å². The average Bonchev–Trinajstić information content (AvgIpc) is 3.44. The number of amides is 2. The standard InChI is InChI=1S/C28H25ClN4O4S/c1-3-36-21-12-10-19(11-13-21)32-24(34)16-38-28-22(15-30)26(23-5-4-14-37-23)25(17(2)31-28)27(35)33-20-8-6-18(29)7-9-20/h4-14,26,31H,3,16H2,1-2H3,(H,32,34)(H,33,35)/t26-/m1/s1. The van der Waals surface area contributed by atoms with E-state index in [1.54, 1.807) is 67.6 Å². The van der Waals surface area contributed by atoms with Crippen molar-refractivity contribution in [2.75, 3.05) is 23.0 Å². The van der Waals surface area contributed by atoms with E-state index in [4.69, 9.17) is 20.8 Å². The summed E-state index contributed by atoms with van der Waals surface area (Å²) in [5.74, 6) is -0.166. The maximum atomic E-state index is 13.4. The van der Waals surface area contributed by atoms with Gasteiger partial charge in [-0.1, -0.05) is 23.4 Å². The molecular formula is C28H25ClN4O4S. The molecule has 0 radical (unpaired) electrons. The molecule has 2 heterocycles. The largest absolute Gasteiger partial charge is 0.494 e. The molecular weight excluding hydrogens is 524 g/mol. The van der Waals surface area contributed by atoms with E-state index in [9.17, 15) is 14.9 Å². The number of dihydropyridines is 1. The molecule has 0 unspecified atom stereocenters. The Bertz CT molecular complexity index is 1410. The molecule has 0 aliphatic carbocycles. The van der Waals surface area contributed by atoms with Crippen molar-refractivity contribution in [3.8, 4) is 11.8 Å². The Morgan fingerprint density at radius 2 is 1.79 bits per heavy atom. The predicted molar refractivity (Wildman–Crippen MR) is 149 cm³/mol. The molecule has 4 rings (SSSR count). The zero-order valence-corrected chi connectivity index (χ0v) is 22.3. The van der Waals surface area contributed by atoms with E-state index in [1.165, 1.54) is 18.0 Å². The summed E-state index contributed by atoms with van der Waals surface area (Å²) in [6.45, 7) is 4.21. The van der Waals surface area contributed by atoms with Crippen molar-refractivity contribution in [1.29, 1.82) is 5.26 Å². The summed E-state index contributed by atoms with van der Waals surface area (Å²) < 4.78 is 11.1. The van der Waals surface area contributed by atoms with Crippen LogP contribution in [-0.2, 0) is 9.59 Å². The SMILES string of the molecule is CCOc1ccc(NC(=O)CSC2=C(C#N)[C@H](c3ccco3)C(C(=O)Nc3ccc(Cl)cc3)=C(C)N2)cc1. The second kappa shape index (κ2) is 12.4. The lowest BCUT2D eigenvalue weighted by atomic mass is 9.85. The van der Waals surface area contributed by atoms with Crippen LogP contribution in [0.2, 0.25) is 5.02 Å². The molecule has 1 aromatic heterocycles. The minimum atomic E-state index is -0.750. The third-order valence-corrected chi connectivity index (χ3v) is 6.89.